The Balaban J connectivity index is 1.81. The quantitative estimate of drug-likeness (QED) is 0.896. The number of hydrogen-bond acceptors (Lipinski definition) is 4. The second-order valence-corrected chi connectivity index (χ2v) is 6.33. The number of amides is 1. The van der Waals surface area contributed by atoms with Crippen molar-refractivity contribution in [2.75, 3.05) is 5.32 Å². The van der Waals surface area contributed by atoms with Gasteiger partial charge in [-0.05, 0) is 18.9 Å². The molecule has 1 aliphatic rings. The summed E-state index contributed by atoms with van der Waals surface area (Å²) in [5, 5.41) is 2.95. The van der Waals surface area contributed by atoms with E-state index >= 15 is 0 Å². The number of carbonyl (C=O) groups is 1. The summed E-state index contributed by atoms with van der Waals surface area (Å²) in [6.07, 6.45) is 3.60. The van der Waals surface area contributed by atoms with E-state index in [1.165, 1.54) is 6.07 Å². The maximum atomic E-state index is 13.6. The molecule has 3 N–H and O–H groups in total. The molecule has 21 heavy (non-hydrogen) atoms. The Bertz CT molecular complexity index is 688. The normalized spacial score (nSPS) is 22.4. The van der Waals surface area contributed by atoms with Crippen LogP contribution in [0.25, 0.3) is 10.2 Å². The minimum Gasteiger partial charge on any atom is -0.327 e. The molecule has 0 unspecified atom stereocenters. The first-order valence-electron chi connectivity index (χ1n) is 6.86. The highest BCUT2D eigenvalue weighted by molar-refractivity contribution is 7.22. The highest BCUT2D eigenvalue weighted by Crippen LogP contribution is 2.30. The Kier molecular flexibility index (Phi) is 3.86. The number of carbonyl (C=O) groups excluding carboxylic acids is 1. The van der Waals surface area contributed by atoms with Crippen LogP contribution in [0.15, 0.2) is 12.1 Å². The van der Waals surface area contributed by atoms with Gasteiger partial charge >= 0.3 is 0 Å². The van der Waals surface area contributed by atoms with Crippen molar-refractivity contribution in [3.63, 3.8) is 0 Å². The zero-order chi connectivity index (χ0) is 15.0. The Morgan fingerprint density at radius 2 is 2.10 bits per heavy atom. The molecule has 1 heterocycles. The molecule has 112 valence electrons. The van der Waals surface area contributed by atoms with E-state index in [0.717, 1.165) is 43.1 Å². The van der Waals surface area contributed by atoms with Gasteiger partial charge < -0.3 is 11.1 Å². The van der Waals surface area contributed by atoms with E-state index in [-0.39, 0.29) is 28.5 Å². The number of nitrogens with one attached hydrogen (secondary N) is 1. The first kappa shape index (κ1) is 14.3. The summed E-state index contributed by atoms with van der Waals surface area (Å²) in [7, 11) is 0. The van der Waals surface area contributed by atoms with Gasteiger partial charge in [0.1, 0.15) is 11.3 Å². The lowest BCUT2D eigenvalue weighted by Crippen LogP contribution is -2.40. The smallest absolute Gasteiger partial charge is 0.230 e. The van der Waals surface area contributed by atoms with E-state index in [1.807, 2.05) is 0 Å². The molecular weight excluding hydrogens is 296 g/mol. The van der Waals surface area contributed by atoms with Gasteiger partial charge in [0.25, 0.3) is 0 Å². The van der Waals surface area contributed by atoms with Crippen molar-refractivity contribution in [2.45, 2.75) is 31.7 Å². The first-order chi connectivity index (χ1) is 10.0. The lowest BCUT2D eigenvalue weighted by Gasteiger charge is -2.26. The Hall–Kier alpha value is -1.60. The predicted molar refractivity (Wildman–Crippen MR) is 78.1 cm³/mol. The highest BCUT2D eigenvalue weighted by Gasteiger charge is 2.28. The minimum atomic E-state index is -0.726. The SMILES string of the molecule is N[C@H]1CCCC[C@@H]1C(=O)Nc1nc2c(F)cc(F)cc2s1. The van der Waals surface area contributed by atoms with Crippen LogP contribution in [0.1, 0.15) is 25.7 Å². The molecule has 1 saturated carbocycles. The van der Waals surface area contributed by atoms with E-state index < -0.39 is 11.6 Å². The van der Waals surface area contributed by atoms with Gasteiger partial charge in [-0.25, -0.2) is 13.8 Å². The molecule has 1 aromatic carbocycles. The van der Waals surface area contributed by atoms with Crippen molar-refractivity contribution >= 4 is 32.6 Å². The van der Waals surface area contributed by atoms with Gasteiger partial charge in [-0.2, -0.15) is 0 Å². The van der Waals surface area contributed by atoms with Crippen LogP contribution < -0.4 is 11.1 Å². The first-order valence-corrected chi connectivity index (χ1v) is 7.68. The predicted octanol–water partition coefficient (Wildman–Crippen LogP) is 3.03. The van der Waals surface area contributed by atoms with E-state index in [1.54, 1.807) is 0 Å². The third-order valence-electron chi connectivity index (χ3n) is 3.80. The number of fused-ring (bicyclic) bond motifs is 1. The molecule has 0 spiro atoms. The fourth-order valence-corrected chi connectivity index (χ4v) is 3.60. The summed E-state index contributed by atoms with van der Waals surface area (Å²) in [5.74, 6) is -1.82. The minimum absolute atomic E-state index is 0.0737. The number of aromatic nitrogens is 1. The molecule has 1 aromatic heterocycles. The Labute approximate surface area is 124 Å². The fourth-order valence-electron chi connectivity index (χ4n) is 2.69. The van der Waals surface area contributed by atoms with E-state index in [2.05, 4.69) is 10.3 Å². The number of anilines is 1. The second-order valence-electron chi connectivity index (χ2n) is 5.30. The topological polar surface area (TPSA) is 68.0 Å². The van der Waals surface area contributed by atoms with Gasteiger partial charge in [0.15, 0.2) is 10.9 Å². The second kappa shape index (κ2) is 5.65. The number of thiazole rings is 1. The van der Waals surface area contributed by atoms with Crippen LogP contribution in [0.5, 0.6) is 0 Å². The molecule has 2 atom stereocenters. The van der Waals surface area contributed by atoms with Gasteiger partial charge in [0.2, 0.25) is 5.91 Å². The summed E-state index contributed by atoms with van der Waals surface area (Å²) in [6, 6.07) is 1.84. The van der Waals surface area contributed by atoms with Crippen LogP contribution >= 0.6 is 11.3 Å². The molecule has 2 aromatic rings. The molecule has 0 saturated heterocycles. The maximum absolute atomic E-state index is 13.6. The zero-order valence-corrected chi connectivity index (χ0v) is 12.1. The van der Waals surface area contributed by atoms with Crippen molar-refractivity contribution in [1.82, 2.24) is 4.98 Å². The van der Waals surface area contributed by atoms with Crippen LogP contribution in [-0.4, -0.2) is 16.9 Å². The number of nitrogens with two attached hydrogens (primary N) is 1. The van der Waals surface area contributed by atoms with Crippen molar-refractivity contribution in [3.8, 4) is 0 Å². The van der Waals surface area contributed by atoms with Crippen molar-refractivity contribution in [1.29, 1.82) is 0 Å². The van der Waals surface area contributed by atoms with Crippen LogP contribution in [0, 0.1) is 17.6 Å². The third-order valence-corrected chi connectivity index (χ3v) is 4.72. The average molecular weight is 311 g/mol. The summed E-state index contributed by atoms with van der Waals surface area (Å²) < 4.78 is 27.1. The van der Waals surface area contributed by atoms with E-state index in [4.69, 9.17) is 5.73 Å². The van der Waals surface area contributed by atoms with Gasteiger partial charge in [0, 0.05) is 12.1 Å². The van der Waals surface area contributed by atoms with Crippen molar-refractivity contribution < 1.29 is 13.6 Å². The van der Waals surface area contributed by atoms with Crippen LogP contribution in [0.3, 0.4) is 0 Å². The lowest BCUT2D eigenvalue weighted by atomic mass is 9.84. The summed E-state index contributed by atoms with van der Waals surface area (Å²) in [5.41, 5.74) is 6.04. The van der Waals surface area contributed by atoms with Gasteiger partial charge in [-0.15, -0.1) is 0 Å². The molecule has 0 radical (unpaired) electrons. The molecule has 1 aliphatic carbocycles. The molecule has 3 rings (SSSR count). The fraction of sp³-hybridized carbons (Fsp3) is 0.429. The number of rotatable bonds is 2. The number of halogens is 2. The van der Waals surface area contributed by atoms with Crippen LogP contribution in [0.2, 0.25) is 0 Å². The summed E-state index contributed by atoms with van der Waals surface area (Å²) >= 11 is 1.06. The number of hydrogen-bond donors (Lipinski definition) is 2. The van der Waals surface area contributed by atoms with Gasteiger partial charge in [0.05, 0.1) is 10.6 Å². The third kappa shape index (κ3) is 2.89. The molecule has 0 aliphatic heterocycles. The maximum Gasteiger partial charge on any atom is 0.230 e. The Morgan fingerprint density at radius 3 is 2.86 bits per heavy atom. The lowest BCUT2D eigenvalue weighted by molar-refractivity contribution is -0.121. The number of benzene rings is 1. The summed E-state index contributed by atoms with van der Waals surface area (Å²) in [6.45, 7) is 0. The molecule has 1 amide bonds. The zero-order valence-electron chi connectivity index (χ0n) is 11.2. The molecule has 4 nitrogen and oxygen atoms in total. The van der Waals surface area contributed by atoms with Crippen LogP contribution in [0.4, 0.5) is 13.9 Å². The molecule has 7 heteroatoms. The molecule has 1 fully saturated rings. The average Bonchev–Trinajstić information content (AvgIpc) is 2.81. The standard InChI is InChI=1S/C14H15F2N3OS/c15-7-5-9(16)12-11(6-7)21-14(18-12)19-13(20)8-3-1-2-4-10(8)17/h5-6,8,10H,1-4,17H2,(H,18,19,20)/t8-,10-/m0/s1. The highest BCUT2D eigenvalue weighted by atomic mass is 32.1. The largest absolute Gasteiger partial charge is 0.327 e. The Morgan fingerprint density at radius 1 is 1.33 bits per heavy atom. The van der Waals surface area contributed by atoms with Gasteiger partial charge in [-0.1, -0.05) is 24.2 Å². The van der Waals surface area contributed by atoms with Crippen LogP contribution in [-0.2, 0) is 4.79 Å². The van der Waals surface area contributed by atoms with E-state index in [9.17, 15) is 13.6 Å². The van der Waals surface area contributed by atoms with Gasteiger partial charge in [-0.3, -0.25) is 4.79 Å². The van der Waals surface area contributed by atoms with Crippen molar-refractivity contribution in [2.24, 2.45) is 11.7 Å². The number of nitrogens with zero attached hydrogens (tertiary/aromatic N) is 1. The van der Waals surface area contributed by atoms with E-state index in [0.29, 0.717) is 4.70 Å². The summed E-state index contributed by atoms with van der Waals surface area (Å²) in [4.78, 5) is 16.2. The van der Waals surface area contributed by atoms with Crippen molar-refractivity contribution in [3.05, 3.63) is 23.8 Å². The molecular formula is C14H15F2N3OS. The monoisotopic (exact) mass is 311 g/mol. The molecule has 0 bridgehead atoms.